The first-order valence-electron chi connectivity index (χ1n) is 10.8. The second-order valence-corrected chi connectivity index (χ2v) is 8.33. The largest absolute Gasteiger partial charge is 0.379 e. The molecular weight excluding hydrogens is 543 g/mol. The van der Waals surface area contributed by atoms with Crippen molar-refractivity contribution in [3.8, 4) is 0 Å². The molecule has 2 saturated heterocycles. The van der Waals surface area contributed by atoms with Gasteiger partial charge in [0.05, 0.1) is 38.6 Å². The van der Waals surface area contributed by atoms with E-state index in [-0.39, 0.29) is 36.1 Å². The van der Waals surface area contributed by atoms with E-state index in [1.807, 2.05) is 43.3 Å². The van der Waals surface area contributed by atoms with Crippen molar-refractivity contribution in [3.05, 3.63) is 52.8 Å². The summed E-state index contributed by atoms with van der Waals surface area (Å²) in [6, 6.07) is 8.35. The van der Waals surface area contributed by atoms with Gasteiger partial charge >= 0.3 is 0 Å². The van der Waals surface area contributed by atoms with Crippen LogP contribution in [-0.4, -0.2) is 85.1 Å². The predicted molar refractivity (Wildman–Crippen MR) is 137 cm³/mol. The van der Waals surface area contributed by atoms with E-state index in [9.17, 15) is 0 Å². The molecule has 8 nitrogen and oxygen atoms in total. The third-order valence-corrected chi connectivity index (χ3v) is 6.12. The number of aryl methyl sites for hydroxylation is 1. The third-order valence-electron chi connectivity index (χ3n) is 5.87. The summed E-state index contributed by atoms with van der Waals surface area (Å²) in [6.45, 7) is 6.30. The molecule has 2 fully saturated rings. The molecule has 2 aromatic rings. The Balaban J connectivity index is 0.00000289. The van der Waals surface area contributed by atoms with Crippen LogP contribution in [0, 0.1) is 0 Å². The van der Waals surface area contributed by atoms with E-state index in [0.717, 1.165) is 62.5 Å². The van der Waals surface area contributed by atoms with Gasteiger partial charge in [0.25, 0.3) is 0 Å². The number of hydrogen-bond donors (Lipinski definition) is 1. The molecule has 0 aliphatic carbocycles. The predicted octanol–water partition coefficient (Wildman–Crippen LogP) is 2.71. The summed E-state index contributed by atoms with van der Waals surface area (Å²) in [6.07, 6.45) is 3.88. The fraction of sp³-hybridized carbons (Fsp3) is 0.545. The average molecular weight is 575 g/mol. The van der Waals surface area contributed by atoms with E-state index >= 15 is 0 Å². The molecule has 3 heterocycles. The quantitative estimate of drug-likeness (QED) is 0.337. The fourth-order valence-electron chi connectivity index (χ4n) is 4.20. The van der Waals surface area contributed by atoms with Crippen molar-refractivity contribution in [1.82, 2.24) is 24.9 Å². The Labute approximate surface area is 211 Å². The fourth-order valence-corrected chi connectivity index (χ4v) is 4.33. The summed E-state index contributed by atoms with van der Waals surface area (Å²) in [5.74, 6) is 0.893. The Morgan fingerprint density at radius 1 is 1.22 bits per heavy atom. The highest BCUT2D eigenvalue weighted by atomic mass is 127. The first kappa shape index (κ1) is 25.2. The molecule has 0 amide bonds. The van der Waals surface area contributed by atoms with Crippen LogP contribution in [0.25, 0.3) is 0 Å². The van der Waals surface area contributed by atoms with E-state index in [1.54, 1.807) is 0 Å². The third kappa shape index (κ3) is 6.34. The van der Waals surface area contributed by atoms with Crippen LogP contribution in [0.15, 0.2) is 41.7 Å². The van der Waals surface area contributed by atoms with E-state index < -0.39 is 0 Å². The van der Waals surface area contributed by atoms with Crippen molar-refractivity contribution in [2.45, 2.75) is 12.1 Å². The Bertz CT molecular complexity index is 872. The number of guanidine groups is 1. The van der Waals surface area contributed by atoms with Crippen LogP contribution in [0.1, 0.15) is 23.3 Å². The second-order valence-electron chi connectivity index (χ2n) is 7.90. The summed E-state index contributed by atoms with van der Waals surface area (Å²) in [4.78, 5) is 9.29. The normalized spacial score (nSPS) is 21.2. The number of halogens is 2. The lowest BCUT2D eigenvalue weighted by Gasteiger charge is -2.38. The number of nitrogens with one attached hydrogen (secondary N) is 1. The van der Waals surface area contributed by atoms with Gasteiger partial charge in [0, 0.05) is 57.1 Å². The number of rotatable bonds is 5. The average Bonchev–Trinajstić information content (AvgIpc) is 3.25. The summed E-state index contributed by atoms with van der Waals surface area (Å²) in [5.41, 5.74) is 2.33. The lowest BCUT2D eigenvalue weighted by Crippen LogP contribution is -2.50. The first-order valence-corrected chi connectivity index (χ1v) is 11.1. The zero-order chi connectivity index (χ0) is 21.6. The molecule has 1 aromatic heterocycles. The van der Waals surface area contributed by atoms with Crippen LogP contribution in [0.4, 0.5) is 0 Å². The molecule has 10 heteroatoms. The summed E-state index contributed by atoms with van der Waals surface area (Å²) < 4.78 is 13.4. The molecule has 4 rings (SSSR count). The van der Waals surface area contributed by atoms with Crippen LogP contribution < -0.4 is 5.32 Å². The Kier molecular flexibility index (Phi) is 9.60. The number of benzene rings is 1. The van der Waals surface area contributed by atoms with Crippen LogP contribution in [0.2, 0.25) is 5.02 Å². The van der Waals surface area contributed by atoms with Gasteiger partial charge in [-0.3, -0.25) is 14.6 Å². The number of aromatic nitrogens is 2. The molecule has 176 valence electrons. The zero-order valence-electron chi connectivity index (χ0n) is 18.6. The highest BCUT2D eigenvalue weighted by Crippen LogP contribution is 2.24. The smallest absolute Gasteiger partial charge is 0.193 e. The maximum Gasteiger partial charge on any atom is 0.193 e. The van der Waals surface area contributed by atoms with Crippen molar-refractivity contribution in [2.24, 2.45) is 12.0 Å². The topological polar surface area (TPSA) is 67.2 Å². The highest BCUT2D eigenvalue weighted by Gasteiger charge is 2.27. The van der Waals surface area contributed by atoms with Crippen LogP contribution in [0.3, 0.4) is 0 Å². The molecule has 2 aliphatic heterocycles. The molecule has 1 N–H and O–H groups in total. The Hall–Kier alpha value is -1.40. The minimum absolute atomic E-state index is 0. The molecule has 0 saturated carbocycles. The minimum Gasteiger partial charge on any atom is -0.379 e. The van der Waals surface area contributed by atoms with Gasteiger partial charge in [-0.1, -0.05) is 23.7 Å². The molecule has 1 aromatic carbocycles. The molecule has 2 aliphatic rings. The van der Waals surface area contributed by atoms with E-state index in [2.05, 4.69) is 37.3 Å². The van der Waals surface area contributed by atoms with Gasteiger partial charge in [-0.25, -0.2) is 0 Å². The number of ether oxygens (including phenoxy) is 2. The number of aliphatic imine (C=N–C) groups is 1. The van der Waals surface area contributed by atoms with Gasteiger partial charge < -0.3 is 19.7 Å². The van der Waals surface area contributed by atoms with E-state index in [4.69, 9.17) is 21.1 Å². The maximum atomic E-state index is 6.13. The number of nitrogens with zero attached hydrogens (tertiary/aromatic N) is 5. The van der Waals surface area contributed by atoms with Gasteiger partial charge in [-0.2, -0.15) is 5.10 Å². The molecule has 32 heavy (non-hydrogen) atoms. The number of hydrogen-bond acceptors (Lipinski definition) is 5. The van der Waals surface area contributed by atoms with Crippen molar-refractivity contribution in [2.75, 3.05) is 59.6 Å². The number of morpholine rings is 2. The first-order chi connectivity index (χ1) is 15.1. The molecule has 2 atom stereocenters. The molecule has 0 radical (unpaired) electrons. The second kappa shape index (κ2) is 12.2. The van der Waals surface area contributed by atoms with Gasteiger partial charge in [0.1, 0.15) is 6.10 Å². The monoisotopic (exact) mass is 574 g/mol. The van der Waals surface area contributed by atoms with Crippen molar-refractivity contribution >= 4 is 41.5 Å². The zero-order valence-corrected chi connectivity index (χ0v) is 21.7. The van der Waals surface area contributed by atoms with Crippen molar-refractivity contribution in [3.63, 3.8) is 0 Å². The van der Waals surface area contributed by atoms with E-state index in [1.165, 1.54) is 5.56 Å². The Morgan fingerprint density at radius 2 is 1.97 bits per heavy atom. The van der Waals surface area contributed by atoms with Gasteiger partial charge in [0.15, 0.2) is 5.96 Å². The maximum absolute atomic E-state index is 6.13. The van der Waals surface area contributed by atoms with Crippen molar-refractivity contribution in [1.29, 1.82) is 0 Å². The van der Waals surface area contributed by atoms with Gasteiger partial charge in [-0.05, 0) is 17.7 Å². The highest BCUT2D eigenvalue weighted by molar-refractivity contribution is 14.0. The minimum atomic E-state index is -0.00712. The van der Waals surface area contributed by atoms with Crippen LogP contribution in [-0.2, 0) is 16.5 Å². The lowest BCUT2D eigenvalue weighted by molar-refractivity contribution is -0.00853. The standard InChI is InChI=1S/C22H31ClN6O2.HI/c1-24-22(29-9-12-31-21(16-29)18-13-26-27(2)15-18)25-14-20(28-7-10-30-11-8-28)17-3-5-19(23)6-4-17;/h3-6,13,15,20-21H,7-12,14,16H2,1-2H3,(H,24,25);1H. The molecule has 2 unspecified atom stereocenters. The molecule has 0 bridgehead atoms. The summed E-state index contributed by atoms with van der Waals surface area (Å²) >= 11 is 6.13. The lowest BCUT2D eigenvalue weighted by atomic mass is 10.0. The van der Waals surface area contributed by atoms with Gasteiger partial charge in [0.2, 0.25) is 0 Å². The van der Waals surface area contributed by atoms with Gasteiger partial charge in [-0.15, -0.1) is 24.0 Å². The van der Waals surface area contributed by atoms with Crippen LogP contribution >= 0.6 is 35.6 Å². The van der Waals surface area contributed by atoms with Crippen molar-refractivity contribution < 1.29 is 9.47 Å². The van der Waals surface area contributed by atoms with Crippen LogP contribution in [0.5, 0.6) is 0 Å². The summed E-state index contributed by atoms with van der Waals surface area (Å²) in [7, 11) is 3.76. The molecule has 0 spiro atoms. The Morgan fingerprint density at radius 3 is 2.62 bits per heavy atom. The van der Waals surface area contributed by atoms with E-state index in [0.29, 0.717) is 6.61 Å². The molecular formula is C22H32ClIN6O2. The summed E-state index contributed by atoms with van der Waals surface area (Å²) in [5, 5.41) is 8.64. The SMILES string of the molecule is CN=C(NCC(c1ccc(Cl)cc1)N1CCOCC1)N1CCOC(c2cnn(C)c2)C1.I.